The molecule has 0 spiro atoms. The van der Waals surface area contributed by atoms with Crippen molar-refractivity contribution in [3.63, 3.8) is 0 Å². The molecule has 0 bridgehead atoms. The van der Waals surface area contributed by atoms with E-state index in [2.05, 4.69) is 21.8 Å². The molecular formula is C13H17N3OS. The van der Waals surface area contributed by atoms with Gasteiger partial charge in [-0.3, -0.25) is 0 Å². The lowest BCUT2D eigenvalue weighted by Gasteiger charge is -2.14. The van der Waals surface area contributed by atoms with E-state index in [0.29, 0.717) is 6.42 Å². The molecule has 0 radical (unpaired) electrons. The number of aryl methyl sites for hydroxylation is 1. The Balaban J connectivity index is 2.03. The quantitative estimate of drug-likeness (QED) is 0.870. The van der Waals surface area contributed by atoms with Gasteiger partial charge in [-0.05, 0) is 49.5 Å². The van der Waals surface area contributed by atoms with Crippen molar-refractivity contribution in [1.82, 2.24) is 9.59 Å². The van der Waals surface area contributed by atoms with E-state index in [0.717, 1.165) is 21.8 Å². The number of aliphatic hydroxyl groups is 1. The van der Waals surface area contributed by atoms with Crippen molar-refractivity contribution < 1.29 is 5.11 Å². The standard InChI is InChI=1S/C13H17N3OS/c1-9(13-10(2)15-16-18-13)14-12-5-3-11(4-6-12)7-8-17/h3-6,9,14,17H,7-8H2,1-2H3. The van der Waals surface area contributed by atoms with Crippen LogP contribution in [0.4, 0.5) is 5.69 Å². The van der Waals surface area contributed by atoms with Crippen molar-refractivity contribution in [1.29, 1.82) is 0 Å². The van der Waals surface area contributed by atoms with E-state index in [1.165, 1.54) is 11.5 Å². The van der Waals surface area contributed by atoms with E-state index in [4.69, 9.17) is 5.11 Å². The lowest BCUT2D eigenvalue weighted by atomic mass is 10.1. The summed E-state index contributed by atoms with van der Waals surface area (Å²) >= 11 is 1.43. The Kier molecular flexibility index (Phi) is 4.28. The lowest BCUT2D eigenvalue weighted by Crippen LogP contribution is -2.06. The van der Waals surface area contributed by atoms with Crippen LogP contribution < -0.4 is 5.32 Å². The highest BCUT2D eigenvalue weighted by atomic mass is 32.1. The zero-order valence-electron chi connectivity index (χ0n) is 10.6. The van der Waals surface area contributed by atoms with Gasteiger partial charge < -0.3 is 10.4 Å². The van der Waals surface area contributed by atoms with Gasteiger partial charge in [-0.15, -0.1) is 5.10 Å². The Hall–Kier alpha value is -1.46. The first-order valence-corrected chi connectivity index (χ1v) is 6.73. The second kappa shape index (κ2) is 5.93. The van der Waals surface area contributed by atoms with E-state index in [1.54, 1.807) is 0 Å². The molecule has 4 nitrogen and oxygen atoms in total. The van der Waals surface area contributed by atoms with Crippen LogP contribution in [0.25, 0.3) is 0 Å². The molecule has 2 rings (SSSR count). The highest BCUT2D eigenvalue weighted by Gasteiger charge is 2.11. The van der Waals surface area contributed by atoms with Gasteiger partial charge in [0.2, 0.25) is 0 Å². The maximum atomic E-state index is 8.86. The lowest BCUT2D eigenvalue weighted by molar-refractivity contribution is 0.299. The number of hydrogen-bond acceptors (Lipinski definition) is 5. The van der Waals surface area contributed by atoms with Gasteiger partial charge in [0, 0.05) is 12.3 Å². The van der Waals surface area contributed by atoms with E-state index < -0.39 is 0 Å². The van der Waals surface area contributed by atoms with Crippen molar-refractivity contribution in [3.8, 4) is 0 Å². The normalized spacial score (nSPS) is 12.4. The minimum atomic E-state index is 0.189. The number of benzene rings is 1. The number of nitrogens with zero attached hydrogens (tertiary/aromatic N) is 2. The first-order chi connectivity index (χ1) is 8.70. The van der Waals surface area contributed by atoms with Crippen LogP contribution in [0.5, 0.6) is 0 Å². The summed E-state index contributed by atoms with van der Waals surface area (Å²) in [7, 11) is 0. The fourth-order valence-corrected chi connectivity index (χ4v) is 2.49. The molecule has 0 aliphatic heterocycles. The molecule has 1 aromatic heterocycles. The van der Waals surface area contributed by atoms with Crippen molar-refractivity contribution >= 4 is 17.2 Å². The van der Waals surface area contributed by atoms with Gasteiger partial charge in [0.05, 0.1) is 16.6 Å². The molecule has 1 heterocycles. The van der Waals surface area contributed by atoms with Crippen LogP contribution >= 0.6 is 11.5 Å². The van der Waals surface area contributed by atoms with Crippen LogP contribution in [0.15, 0.2) is 24.3 Å². The highest BCUT2D eigenvalue weighted by molar-refractivity contribution is 7.05. The molecule has 0 aliphatic carbocycles. The Labute approximate surface area is 111 Å². The van der Waals surface area contributed by atoms with Crippen LogP contribution in [-0.4, -0.2) is 21.3 Å². The minimum absolute atomic E-state index is 0.189. The fourth-order valence-electron chi connectivity index (χ4n) is 1.85. The van der Waals surface area contributed by atoms with Gasteiger partial charge in [-0.25, -0.2) is 0 Å². The minimum Gasteiger partial charge on any atom is -0.396 e. The van der Waals surface area contributed by atoms with Crippen LogP contribution in [0.2, 0.25) is 0 Å². The molecule has 0 fully saturated rings. The zero-order chi connectivity index (χ0) is 13.0. The van der Waals surface area contributed by atoms with Crippen LogP contribution in [0.3, 0.4) is 0 Å². The van der Waals surface area contributed by atoms with Gasteiger partial charge >= 0.3 is 0 Å². The third-order valence-corrected chi connectivity index (χ3v) is 3.83. The van der Waals surface area contributed by atoms with E-state index in [9.17, 15) is 0 Å². The SMILES string of the molecule is Cc1nnsc1C(C)Nc1ccc(CCO)cc1. The number of nitrogens with one attached hydrogen (secondary N) is 1. The Morgan fingerprint density at radius 3 is 2.61 bits per heavy atom. The second-order valence-corrected chi connectivity index (χ2v) is 5.04. The Morgan fingerprint density at radius 2 is 2.06 bits per heavy atom. The van der Waals surface area contributed by atoms with E-state index >= 15 is 0 Å². The molecular weight excluding hydrogens is 246 g/mol. The Morgan fingerprint density at radius 1 is 1.33 bits per heavy atom. The number of aromatic nitrogens is 2. The van der Waals surface area contributed by atoms with Crippen LogP contribution in [-0.2, 0) is 6.42 Å². The summed E-state index contributed by atoms with van der Waals surface area (Å²) in [5.74, 6) is 0. The maximum Gasteiger partial charge on any atom is 0.0777 e. The fraction of sp³-hybridized carbons (Fsp3) is 0.385. The first-order valence-electron chi connectivity index (χ1n) is 5.96. The van der Waals surface area contributed by atoms with Gasteiger partial charge in [-0.2, -0.15) is 0 Å². The first kappa shape index (κ1) is 13.0. The summed E-state index contributed by atoms with van der Waals surface area (Å²) in [4.78, 5) is 1.16. The Bertz CT molecular complexity index is 495. The second-order valence-electron chi connectivity index (χ2n) is 4.26. The van der Waals surface area contributed by atoms with Crippen LogP contribution in [0, 0.1) is 6.92 Å². The largest absolute Gasteiger partial charge is 0.396 e. The molecule has 1 unspecified atom stereocenters. The molecule has 0 saturated carbocycles. The van der Waals surface area contributed by atoms with Crippen molar-refractivity contribution in [2.75, 3.05) is 11.9 Å². The molecule has 2 N–H and O–H groups in total. The van der Waals surface area contributed by atoms with Crippen molar-refractivity contribution in [3.05, 3.63) is 40.4 Å². The zero-order valence-corrected chi connectivity index (χ0v) is 11.4. The summed E-state index contributed by atoms with van der Waals surface area (Å²) < 4.78 is 3.95. The smallest absolute Gasteiger partial charge is 0.0777 e. The summed E-state index contributed by atoms with van der Waals surface area (Å²) in [6.45, 7) is 4.26. The molecule has 0 aliphatic rings. The number of anilines is 1. The summed E-state index contributed by atoms with van der Waals surface area (Å²) in [6.07, 6.45) is 0.702. The van der Waals surface area contributed by atoms with E-state index in [-0.39, 0.29) is 12.6 Å². The monoisotopic (exact) mass is 263 g/mol. The topological polar surface area (TPSA) is 58.0 Å². The average Bonchev–Trinajstić information content (AvgIpc) is 2.78. The summed E-state index contributed by atoms with van der Waals surface area (Å²) in [5.41, 5.74) is 3.19. The summed E-state index contributed by atoms with van der Waals surface area (Å²) in [6, 6.07) is 8.33. The highest BCUT2D eigenvalue weighted by Crippen LogP contribution is 2.23. The van der Waals surface area contributed by atoms with Crippen molar-refractivity contribution in [2.45, 2.75) is 26.3 Å². The molecule has 0 amide bonds. The molecule has 2 aromatic rings. The van der Waals surface area contributed by atoms with Crippen molar-refractivity contribution in [2.24, 2.45) is 0 Å². The maximum absolute atomic E-state index is 8.86. The number of hydrogen-bond donors (Lipinski definition) is 2. The molecule has 1 atom stereocenters. The predicted molar refractivity (Wildman–Crippen MR) is 73.9 cm³/mol. The number of rotatable bonds is 5. The molecule has 18 heavy (non-hydrogen) atoms. The third kappa shape index (κ3) is 3.05. The summed E-state index contributed by atoms with van der Waals surface area (Å²) in [5, 5.41) is 16.3. The van der Waals surface area contributed by atoms with Gasteiger partial charge in [0.25, 0.3) is 0 Å². The van der Waals surface area contributed by atoms with Gasteiger partial charge in [-0.1, -0.05) is 16.6 Å². The van der Waals surface area contributed by atoms with Gasteiger partial charge in [0.1, 0.15) is 0 Å². The molecule has 96 valence electrons. The van der Waals surface area contributed by atoms with E-state index in [1.807, 2.05) is 31.2 Å². The van der Waals surface area contributed by atoms with Crippen LogP contribution in [0.1, 0.15) is 29.1 Å². The molecule has 1 aromatic carbocycles. The molecule has 5 heteroatoms. The predicted octanol–water partition coefficient (Wildman–Crippen LogP) is 2.55. The third-order valence-electron chi connectivity index (χ3n) is 2.82. The van der Waals surface area contributed by atoms with Gasteiger partial charge in [0.15, 0.2) is 0 Å². The molecule has 0 saturated heterocycles. The number of aliphatic hydroxyl groups excluding tert-OH is 1. The average molecular weight is 263 g/mol.